The molecule has 18 rings (SSSR count). The van der Waals surface area contributed by atoms with E-state index in [2.05, 4.69) is 109 Å². The van der Waals surface area contributed by atoms with Gasteiger partial charge in [-0.05, 0) is 349 Å². The minimum absolute atomic E-state index is 0.0164. The van der Waals surface area contributed by atoms with Crippen LogP contribution in [0.5, 0.6) is 17.2 Å². The van der Waals surface area contributed by atoms with E-state index in [-0.39, 0.29) is 75.8 Å². The fourth-order valence-corrected chi connectivity index (χ4v) is 23.2. The van der Waals surface area contributed by atoms with Gasteiger partial charge in [-0.2, -0.15) is 0 Å². The van der Waals surface area contributed by atoms with E-state index < -0.39 is 12.4 Å². The molecule has 0 spiro atoms. The Hall–Kier alpha value is -12.3. The lowest BCUT2D eigenvalue weighted by Crippen LogP contribution is -2.47. The van der Waals surface area contributed by atoms with Crippen LogP contribution in [0.15, 0.2) is 148 Å². The maximum atomic E-state index is 15.6. The quantitative estimate of drug-likeness (QED) is 0.0217. The number of nitrogens with one attached hydrogen (secondary N) is 6. The maximum absolute atomic E-state index is 15.6. The Labute approximate surface area is 851 Å². The number of pyridine rings is 3. The van der Waals surface area contributed by atoms with Crippen molar-refractivity contribution in [2.24, 2.45) is 56.7 Å². The molecule has 27 nitrogen and oxygen atoms in total. The fourth-order valence-electron chi connectivity index (χ4n) is 23.0. The molecule has 12 heterocycles. The molecule has 9 aliphatic heterocycles. The number of imide groups is 3. The highest BCUT2D eigenvalue weighted by atomic mass is 35.5. The van der Waals surface area contributed by atoms with Crippen LogP contribution in [0.25, 0.3) is 33.4 Å². The number of aryl methyl sites for hydroxylation is 3. The summed E-state index contributed by atoms with van der Waals surface area (Å²) in [5.74, 6) is 3.61. The summed E-state index contributed by atoms with van der Waals surface area (Å²) in [6.45, 7) is 24.6. The van der Waals surface area contributed by atoms with Crippen LogP contribution in [-0.2, 0) is 69.5 Å². The van der Waals surface area contributed by atoms with Crippen LogP contribution < -0.4 is 77.5 Å². The van der Waals surface area contributed by atoms with Gasteiger partial charge in [-0.3, -0.25) is 73.8 Å². The standard InChI is InChI=1S/C39H48F3N5O4.C37H46ClN5O4.C37H46FN5O4/c1-25-26(2)38(50)45(3)24-33(25)29-6-7-30(35(22-29)51-39(40,41)42)23-46-18-14-27(15-19-46)4-5-28-16-20-47(21-17-28)32-10-8-31(9-11-32)43-34-12-13-36(48)44-37(34)49;2*1-23-24(2)37(46)41(3)21-30(23)27-19-32(38)31(34(20-27)47-4)22-42-15-11-25(12-16-42)26-13-17-43(18-14-26)29-7-5-28(6-8-29)39-33-9-10-35(44)40-36(33)45/h6-11,22,24,27-28,34,43H,4-5,12-21,23H2,1-3H3,(H,44,48,49);2*5-8,19-21,25-26,33,39H,9-18,22H2,1-4H3,(H,40,44,45). The lowest BCUT2D eigenvalue weighted by molar-refractivity contribution is -0.275. The lowest BCUT2D eigenvalue weighted by Gasteiger charge is -2.41. The number of benzene rings is 6. The monoisotopic (exact) mass is 2010 g/mol. The van der Waals surface area contributed by atoms with Crippen LogP contribution in [0.4, 0.5) is 51.7 Å². The Kier molecular flexibility index (Phi) is 34.2. The van der Waals surface area contributed by atoms with E-state index in [0.29, 0.717) is 125 Å². The summed E-state index contributed by atoms with van der Waals surface area (Å²) in [7, 11) is 8.43. The molecule has 9 fully saturated rings. The molecule has 0 bridgehead atoms. The number of nitrogens with zero attached hydrogens (tertiary/aromatic N) is 9. The summed E-state index contributed by atoms with van der Waals surface area (Å²) < 4.78 is 76.8. The number of piperidine rings is 9. The first-order valence-electron chi connectivity index (χ1n) is 51.7. The summed E-state index contributed by atoms with van der Waals surface area (Å²) in [5, 5.41) is 17.6. The number of aromatic nitrogens is 3. The number of amides is 6. The molecule has 32 heteroatoms. The van der Waals surface area contributed by atoms with Gasteiger partial charge in [0.2, 0.25) is 35.4 Å². The van der Waals surface area contributed by atoms with Crippen LogP contribution in [-0.4, -0.2) is 181 Å². The van der Waals surface area contributed by atoms with Gasteiger partial charge in [-0.1, -0.05) is 36.6 Å². The zero-order valence-corrected chi connectivity index (χ0v) is 86.2. The van der Waals surface area contributed by atoms with Gasteiger partial charge >= 0.3 is 6.36 Å². The van der Waals surface area contributed by atoms with Crippen LogP contribution >= 0.6 is 11.6 Å². The summed E-state index contributed by atoms with van der Waals surface area (Å²) >= 11 is 6.91. The van der Waals surface area contributed by atoms with Crippen LogP contribution in [0, 0.1) is 82.9 Å². The third-order valence-corrected chi connectivity index (χ3v) is 32.7. The predicted octanol–water partition coefficient (Wildman–Crippen LogP) is 17.5. The average Bonchev–Trinajstić information content (AvgIpc) is 0.781. The van der Waals surface area contributed by atoms with E-state index in [1.54, 1.807) is 82.9 Å². The molecule has 0 saturated carbocycles. The van der Waals surface area contributed by atoms with Gasteiger partial charge in [0.15, 0.2) is 0 Å². The lowest BCUT2D eigenvalue weighted by atomic mass is 9.78. The summed E-state index contributed by atoms with van der Waals surface area (Å²) in [6, 6.07) is 36.1. The topological polar surface area (TPSA) is 288 Å². The second-order valence-electron chi connectivity index (χ2n) is 41.5. The van der Waals surface area contributed by atoms with E-state index in [9.17, 15) is 56.3 Å². The van der Waals surface area contributed by atoms with Crippen molar-refractivity contribution in [1.82, 2.24) is 44.4 Å². The van der Waals surface area contributed by atoms with Gasteiger partial charge in [0.25, 0.3) is 16.7 Å². The molecular weight excluding hydrogens is 1870 g/mol. The average molecular weight is 2010 g/mol. The minimum atomic E-state index is -4.81. The second kappa shape index (κ2) is 47.0. The third-order valence-electron chi connectivity index (χ3n) is 32.3. The number of anilines is 6. The summed E-state index contributed by atoms with van der Waals surface area (Å²) in [6.07, 6.45) is 19.2. The van der Waals surface area contributed by atoms with E-state index in [1.165, 1.54) is 66.2 Å². The Morgan fingerprint density at radius 3 is 1.03 bits per heavy atom. The number of halogens is 5. The number of carbonyl (C=O) groups excluding carboxylic acids is 6. The third kappa shape index (κ3) is 26.0. The van der Waals surface area contributed by atoms with E-state index in [4.69, 9.17) is 21.1 Å². The fraction of sp³-hybridized carbons (Fsp3) is 0.496. The molecule has 6 N–H and O–H groups in total. The van der Waals surface area contributed by atoms with Crippen molar-refractivity contribution in [2.45, 2.75) is 214 Å². The molecule has 774 valence electrons. The number of hydrogen-bond donors (Lipinski definition) is 6. The highest BCUT2D eigenvalue weighted by Gasteiger charge is 2.38. The minimum Gasteiger partial charge on any atom is -0.496 e. The van der Waals surface area contributed by atoms with Crippen molar-refractivity contribution in [3.8, 4) is 50.6 Å². The molecule has 6 amide bonds. The van der Waals surface area contributed by atoms with Crippen LogP contribution in [0.3, 0.4) is 0 Å². The Morgan fingerprint density at radius 2 is 0.676 bits per heavy atom. The maximum Gasteiger partial charge on any atom is 0.573 e. The Bertz CT molecular complexity index is 6110. The molecule has 0 aliphatic carbocycles. The SMILES string of the molecule is COc1cc(-c2cn(C)c(=O)c(C)c2C)cc(Cl)c1CN1CCC(C2CCN(c3ccc(NC4CCC(=O)NC4=O)cc3)CC2)CC1.COc1cc(-c2cn(C)c(=O)c(C)c2C)cc(F)c1CN1CCC(C2CCN(c3ccc(NC4CCC(=O)NC4=O)cc3)CC2)CC1.Cc1c(-c2ccc(CN3CCC(CCC4CCN(c5ccc(NC6CCC(=O)NC6=O)cc5)CC4)CC3)c(OC(F)(F)F)c2)cn(C)c(=O)c1C. The Balaban J connectivity index is 0.000000156. The van der Waals surface area contributed by atoms with Gasteiger partial charge in [0.05, 0.1) is 14.2 Å². The van der Waals surface area contributed by atoms with Gasteiger partial charge < -0.3 is 58.6 Å². The van der Waals surface area contributed by atoms with E-state index in [0.717, 1.165) is 216 Å². The molecule has 9 aromatic rings. The first-order valence-corrected chi connectivity index (χ1v) is 52.1. The van der Waals surface area contributed by atoms with Crippen LogP contribution in [0.1, 0.15) is 178 Å². The van der Waals surface area contributed by atoms with Crippen molar-refractivity contribution in [1.29, 1.82) is 0 Å². The Morgan fingerprint density at radius 1 is 0.366 bits per heavy atom. The summed E-state index contributed by atoms with van der Waals surface area (Å²) in [4.78, 5) is 122. The number of likely N-dealkylation sites (tertiary alicyclic amines) is 3. The number of methoxy groups -OCH3 is 2. The number of rotatable bonds is 26. The summed E-state index contributed by atoms with van der Waals surface area (Å²) in [5.41, 5.74) is 17.5. The molecule has 9 aliphatic rings. The normalized spacial score (nSPS) is 19.8. The molecular formula is C113H140ClF4N15O12. The molecule has 3 aromatic heterocycles. The first kappa shape index (κ1) is 105. The van der Waals surface area contributed by atoms with Crippen molar-refractivity contribution in [3.63, 3.8) is 0 Å². The van der Waals surface area contributed by atoms with Crippen molar-refractivity contribution >= 4 is 81.2 Å². The smallest absolute Gasteiger partial charge is 0.496 e. The number of hydrogen-bond acceptors (Lipinski definition) is 21. The zero-order valence-electron chi connectivity index (χ0n) is 85.5. The molecule has 3 unspecified atom stereocenters. The molecule has 6 aromatic carbocycles. The van der Waals surface area contributed by atoms with Gasteiger partial charge in [0.1, 0.15) is 41.2 Å². The van der Waals surface area contributed by atoms with Gasteiger partial charge in [-0.25, -0.2) is 4.39 Å². The van der Waals surface area contributed by atoms with Crippen LogP contribution in [0.2, 0.25) is 5.02 Å². The van der Waals surface area contributed by atoms with Gasteiger partial charge in [0, 0.05) is 207 Å². The molecule has 0 radical (unpaired) electrons. The molecule has 145 heavy (non-hydrogen) atoms. The second-order valence-corrected chi connectivity index (χ2v) is 41.9. The molecule has 3 atom stereocenters. The van der Waals surface area contributed by atoms with Crippen molar-refractivity contribution in [3.05, 3.63) is 226 Å². The highest BCUT2D eigenvalue weighted by molar-refractivity contribution is 6.32. The first-order chi connectivity index (χ1) is 69.5. The number of carbonyl (C=O) groups is 6. The highest BCUT2D eigenvalue weighted by Crippen LogP contribution is 2.44. The predicted molar refractivity (Wildman–Crippen MR) is 561 cm³/mol. The largest absolute Gasteiger partial charge is 0.573 e. The number of alkyl halides is 3. The number of ether oxygens (including phenoxy) is 3. The van der Waals surface area contributed by atoms with Gasteiger partial charge in [-0.15, -0.1) is 13.2 Å². The van der Waals surface area contributed by atoms with E-state index in [1.807, 2.05) is 88.5 Å². The zero-order chi connectivity index (χ0) is 103. The van der Waals surface area contributed by atoms with E-state index >= 15 is 4.39 Å². The molecule has 9 saturated heterocycles. The van der Waals surface area contributed by atoms with Crippen molar-refractivity contribution in [2.75, 3.05) is 123 Å². The van der Waals surface area contributed by atoms with Crippen molar-refractivity contribution < 1.29 is 60.5 Å².